The molecule has 0 aromatic heterocycles. The zero-order valence-electron chi connectivity index (χ0n) is 13.0. The Morgan fingerprint density at radius 3 is 2.61 bits per heavy atom. The van der Waals surface area contributed by atoms with E-state index in [-0.39, 0.29) is 5.91 Å². The van der Waals surface area contributed by atoms with Crippen molar-refractivity contribution < 1.29 is 4.79 Å². The Kier molecular flexibility index (Phi) is 6.67. The van der Waals surface area contributed by atoms with Crippen molar-refractivity contribution >= 4 is 23.4 Å². The molecule has 0 bridgehead atoms. The van der Waals surface area contributed by atoms with Crippen LogP contribution in [0.15, 0.2) is 59.5 Å². The van der Waals surface area contributed by atoms with Crippen LogP contribution in [0.5, 0.6) is 0 Å². The number of anilines is 1. The van der Waals surface area contributed by atoms with Crippen LogP contribution < -0.4 is 5.32 Å². The highest BCUT2D eigenvalue weighted by Crippen LogP contribution is 2.26. The monoisotopic (exact) mass is 325 g/mol. The molecule has 1 amide bonds. The van der Waals surface area contributed by atoms with E-state index in [9.17, 15) is 4.79 Å². The van der Waals surface area contributed by atoms with Crippen LogP contribution in [0, 0.1) is 11.3 Å². The van der Waals surface area contributed by atoms with Gasteiger partial charge in [0.15, 0.2) is 0 Å². The Hall–Kier alpha value is -2.29. The van der Waals surface area contributed by atoms with Gasteiger partial charge in [-0.05, 0) is 24.7 Å². The maximum absolute atomic E-state index is 12.2. The fourth-order valence-electron chi connectivity index (χ4n) is 2.19. The lowest BCUT2D eigenvalue weighted by Crippen LogP contribution is -2.29. The highest BCUT2D eigenvalue weighted by molar-refractivity contribution is 7.99. The Bertz CT molecular complexity index is 682. The molecule has 0 spiro atoms. The third kappa shape index (κ3) is 5.78. The third-order valence-corrected chi connectivity index (χ3v) is 4.10. The first-order chi connectivity index (χ1) is 11.2. The third-order valence-electron chi connectivity index (χ3n) is 3.16. The van der Waals surface area contributed by atoms with Crippen LogP contribution in [-0.4, -0.2) is 30.2 Å². The predicted octanol–water partition coefficient (Wildman–Crippen LogP) is 3.37. The summed E-state index contributed by atoms with van der Waals surface area (Å²) in [5.74, 6) is 0.300. The van der Waals surface area contributed by atoms with Crippen LogP contribution in [0.3, 0.4) is 0 Å². The second-order valence-corrected chi connectivity index (χ2v) is 6.17. The molecule has 0 unspecified atom stereocenters. The zero-order chi connectivity index (χ0) is 16.5. The second kappa shape index (κ2) is 8.99. The molecule has 2 aromatic carbocycles. The van der Waals surface area contributed by atoms with Crippen molar-refractivity contribution in [3.63, 3.8) is 0 Å². The molecule has 23 heavy (non-hydrogen) atoms. The Labute approximate surface area is 141 Å². The summed E-state index contributed by atoms with van der Waals surface area (Å²) in [6.45, 7) is 1.03. The molecule has 118 valence electrons. The van der Waals surface area contributed by atoms with E-state index in [1.807, 2.05) is 66.5 Å². The number of likely N-dealkylation sites (N-methyl/N-ethyl adjacent to an activating group) is 1. The number of rotatable bonds is 7. The SMILES string of the molecule is CN(CC(=O)Nc1ccccc1SCC#N)Cc1ccccc1. The molecule has 0 saturated heterocycles. The van der Waals surface area contributed by atoms with Crippen LogP contribution in [0.2, 0.25) is 0 Å². The van der Waals surface area contributed by atoms with Crippen molar-refractivity contribution in [3.05, 3.63) is 60.2 Å². The molecule has 0 fully saturated rings. The molecule has 1 N–H and O–H groups in total. The van der Waals surface area contributed by atoms with E-state index in [0.29, 0.717) is 12.3 Å². The van der Waals surface area contributed by atoms with E-state index in [2.05, 4.69) is 11.4 Å². The minimum absolute atomic E-state index is 0.0616. The van der Waals surface area contributed by atoms with Crippen LogP contribution in [0.1, 0.15) is 5.56 Å². The number of amides is 1. The average molecular weight is 325 g/mol. The van der Waals surface area contributed by atoms with Gasteiger partial charge in [0.1, 0.15) is 0 Å². The van der Waals surface area contributed by atoms with Crippen LogP contribution >= 0.6 is 11.8 Å². The van der Waals surface area contributed by atoms with Gasteiger partial charge in [0, 0.05) is 11.4 Å². The quantitative estimate of drug-likeness (QED) is 0.793. The number of carbonyl (C=O) groups is 1. The second-order valence-electron chi connectivity index (χ2n) is 5.15. The standard InChI is InChI=1S/C18H19N3OS/c1-21(13-15-7-3-2-4-8-15)14-18(22)20-16-9-5-6-10-17(16)23-12-11-19/h2-10H,12-14H2,1H3,(H,20,22). The van der Waals surface area contributed by atoms with Gasteiger partial charge < -0.3 is 5.32 Å². The maximum Gasteiger partial charge on any atom is 0.238 e. The van der Waals surface area contributed by atoms with Gasteiger partial charge in [-0.1, -0.05) is 42.5 Å². The van der Waals surface area contributed by atoms with Gasteiger partial charge in [-0.15, -0.1) is 11.8 Å². The lowest BCUT2D eigenvalue weighted by atomic mass is 10.2. The molecular weight excluding hydrogens is 306 g/mol. The number of hydrogen-bond donors (Lipinski definition) is 1. The van der Waals surface area contributed by atoms with Gasteiger partial charge in [0.05, 0.1) is 24.1 Å². The molecule has 5 heteroatoms. The molecule has 0 aliphatic carbocycles. The summed E-state index contributed by atoms with van der Waals surface area (Å²) >= 11 is 1.42. The van der Waals surface area contributed by atoms with Crippen molar-refractivity contribution in [1.82, 2.24) is 4.90 Å². The number of benzene rings is 2. The number of nitrogens with one attached hydrogen (secondary N) is 1. The molecule has 0 aliphatic heterocycles. The molecule has 4 nitrogen and oxygen atoms in total. The molecule has 2 aromatic rings. The van der Waals surface area contributed by atoms with Gasteiger partial charge in [-0.25, -0.2) is 0 Å². The summed E-state index contributed by atoms with van der Waals surface area (Å²) < 4.78 is 0. The highest BCUT2D eigenvalue weighted by Gasteiger charge is 2.10. The molecule has 0 atom stereocenters. The van der Waals surface area contributed by atoms with Crippen molar-refractivity contribution in [2.45, 2.75) is 11.4 Å². The first kappa shape index (κ1) is 17.1. The highest BCUT2D eigenvalue weighted by atomic mass is 32.2. The van der Waals surface area contributed by atoms with E-state index in [4.69, 9.17) is 5.26 Å². The lowest BCUT2D eigenvalue weighted by molar-refractivity contribution is -0.117. The van der Waals surface area contributed by atoms with Crippen molar-refractivity contribution in [3.8, 4) is 6.07 Å². The number of thioether (sulfide) groups is 1. The van der Waals surface area contributed by atoms with Crippen LogP contribution in [-0.2, 0) is 11.3 Å². The molecule has 0 radical (unpaired) electrons. The van der Waals surface area contributed by atoms with Crippen molar-refractivity contribution in [2.24, 2.45) is 0 Å². The molecule has 2 rings (SSSR count). The number of hydrogen-bond acceptors (Lipinski definition) is 4. The Morgan fingerprint density at radius 2 is 1.87 bits per heavy atom. The van der Waals surface area contributed by atoms with E-state index < -0.39 is 0 Å². The summed E-state index contributed by atoms with van der Waals surface area (Å²) in [5, 5.41) is 11.6. The minimum Gasteiger partial charge on any atom is -0.324 e. The predicted molar refractivity (Wildman–Crippen MR) is 94.2 cm³/mol. The van der Waals surface area contributed by atoms with E-state index >= 15 is 0 Å². The van der Waals surface area contributed by atoms with Crippen LogP contribution in [0.25, 0.3) is 0 Å². The number of carbonyl (C=O) groups excluding carboxylic acids is 1. The van der Waals surface area contributed by atoms with Gasteiger partial charge in [0.25, 0.3) is 0 Å². The van der Waals surface area contributed by atoms with Gasteiger partial charge in [-0.3, -0.25) is 9.69 Å². The number of nitriles is 1. The first-order valence-corrected chi connectivity index (χ1v) is 8.28. The maximum atomic E-state index is 12.2. The zero-order valence-corrected chi connectivity index (χ0v) is 13.8. The topological polar surface area (TPSA) is 56.1 Å². The van der Waals surface area contributed by atoms with E-state index in [1.54, 1.807) is 0 Å². The first-order valence-electron chi connectivity index (χ1n) is 7.30. The van der Waals surface area contributed by atoms with E-state index in [1.165, 1.54) is 17.3 Å². The van der Waals surface area contributed by atoms with Gasteiger partial charge in [-0.2, -0.15) is 5.26 Å². The fraction of sp³-hybridized carbons (Fsp3) is 0.222. The summed E-state index contributed by atoms with van der Waals surface area (Å²) in [6.07, 6.45) is 0. The largest absolute Gasteiger partial charge is 0.324 e. The minimum atomic E-state index is -0.0616. The molecular formula is C18H19N3OS. The Morgan fingerprint density at radius 1 is 1.17 bits per heavy atom. The molecule has 0 saturated carbocycles. The summed E-state index contributed by atoms with van der Waals surface area (Å²) in [6, 6.07) is 19.7. The fourth-order valence-corrected chi connectivity index (χ4v) is 2.86. The average Bonchev–Trinajstić information content (AvgIpc) is 2.54. The number of para-hydroxylation sites is 1. The van der Waals surface area contributed by atoms with E-state index in [0.717, 1.165) is 17.1 Å². The van der Waals surface area contributed by atoms with Gasteiger partial charge >= 0.3 is 0 Å². The Balaban J connectivity index is 1.91. The smallest absolute Gasteiger partial charge is 0.238 e. The van der Waals surface area contributed by atoms with Crippen molar-refractivity contribution in [1.29, 1.82) is 5.26 Å². The number of nitrogens with zero attached hydrogens (tertiary/aromatic N) is 2. The summed E-state index contributed by atoms with van der Waals surface area (Å²) in [5.41, 5.74) is 1.93. The molecule has 0 aliphatic rings. The van der Waals surface area contributed by atoms with Crippen molar-refractivity contribution in [2.75, 3.05) is 24.7 Å². The summed E-state index contributed by atoms with van der Waals surface area (Å²) in [7, 11) is 1.92. The normalized spacial score (nSPS) is 10.3. The molecule has 0 heterocycles. The van der Waals surface area contributed by atoms with Crippen LogP contribution in [0.4, 0.5) is 5.69 Å². The summed E-state index contributed by atoms with van der Waals surface area (Å²) in [4.78, 5) is 15.1. The van der Waals surface area contributed by atoms with Gasteiger partial charge in [0.2, 0.25) is 5.91 Å². The lowest BCUT2D eigenvalue weighted by Gasteiger charge is -2.17.